The van der Waals surface area contributed by atoms with Gasteiger partial charge in [0, 0.05) is 0 Å². The molecule has 0 spiro atoms. The average molecular weight is 246 g/mol. The van der Waals surface area contributed by atoms with E-state index in [4.69, 9.17) is 14.3 Å². The maximum atomic E-state index is 10.6. The summed E-state index contributed by atoms with van der Waals surface area (Å²) in [6, 6.07) is 11.5. The van der Waals surface area contributed by atoms with Gasteiger partial charge in [-0.05, 0) is 18.1 Å². The monoisotopic (exact) mass is 246 g/mol. The van der Waals surface area contributed by atoms with Gasteiger partial charge in [0.25, 0.3) is 0 Å². The van der Waals surface area contributed by atoms with Crippen LogP contribution >= 0.6 is 0 Å². The lowest BCUT2D eigenvalue weighted by Gasteiger charge is -2.02. The van der Waals surface area contributed by atoms with Gasteiger partial charge in [0.15, 0.2) is 0 Å². The van der Waals surface area contributed by atoms with Gasteiger partial charge < -0.3 is 14.3 Å². The van der Waals surface area contributed by atoms with Crippen LogP contribution in [0.2, 0.25) is 0 Å². The second-order valence-corrected chi connectivity index (χ2v) is 3.90. The first kappa shape index (κ1) is 12.4. The van der Waals surface area contributed by atoms with E-state index >= 15 is 0 Å². The molecule has 0 radical (unpaired) electrons. The summed E-state index contributed by atoms with van der Waals surface area (Å²) in [7, 11) is 0. The molecule has 1 aromatic carbocycles. The number of hydrogen-bond acceptors (Lipinski definition) is 3. The fourth-order valence-corrected chi connectivity index (χ4v) is 1.58. The Morgan fingerprint density at radius 1 is 1.28 bits per heavy atom. The maximum absolute atomic E-state index is 10.6. The molecule has 1 aromatic heterocycles. The fraction of sp³-hybridized carbons (Fsp3) is 0.214. The second kappa shape index (κ2) is 6.02. The quantitative estimate of drug-likeness (QED) is 0.796. The van der Waals surface area contributed by atoms with E-state index < -0.39 is 5.97 Å². The predicted octanol–water partition coefficient (Wildman–Crippen LogP) is 2.74. The Bertz CT molecular complexity index is 502. The van der Waals surface area contributed by atoms with Gasteiger partial charge in [-0.15, -0.1) is 0 Å². The number of carboxylic acids is 1. The number of aromatic carboxylic acids is 1. The van der Waals surface area contributed by atoms with Crippen LogP contribution in [0.15, 0.2) is 47.1 Å². The summed E-state index contributed by atoms with van der Waals surface area (Å²) in [6.07, 6.45) is 2.05. The van der Waals surface area contributed by atoms with Crippen LogP contribution in [0.4, 0.5) is 0 Å². The zero-order valence-corrected chi connectivity index (χ0v) is 9.83. The lowest BCUT2D eigenvalue weighted by atomic mass is 10.2. The van der Waals surface area contributed by atoms with Crippen molar-refractivity contribution >= 4 is 5.97 Å². The van der Waals surface area contributed by atoms with Gasteiger partial charge in [0.2, 0.25) is 0 Å². The summed E-state index contributed by atoms with van der Waals surface area (Å²) in [5.41, 5.74) is 1.36. The molecule has 0 unspecified atom stereocenters. The zero-order chi connectivity index (χ0) is 12.8. The summed E-state index contributed by atoms with van der Waals surface area (Å²) in [6.45, 7) is 0.868. The van der Waals surface area contributed by atoms with Crippen molar-refractivity contribution in [2.75, 3.05) is 6.61 Å². The van der Waals surface area contributed by atoms with Crippen LogP contribution in [0, 0.1) is 0 Å². The zero-order valence-electron chi connectivity index (χ0n) is 9.83. The molecule has 18 heavy (non-hydrogen) atoms. The van der Waals surface area contributed by atoms with Crippen LogP contribution in [-0.4, -0.2) is 17.7 Å². The molecule has 4 nitrogen and oxygen atoms in total. The number of carboxylic acid groups (broad SMARTS) is 1. The number of furan rings is 1. The first-order valence-electron chi connectivity index (χ1n) is 5.68. The van der Waals surface area contributed by atoms with Crippen molar-refractivity contribution in [1.29, 1.82) is 0 Å². The van der Waals surface area contributed by atoms with Crippen LogP contribution in [-0.2, 0) is 17.8 Å². The largest absolute Gasteiger partial charge is 0.478 e. The Kier molecular flexibility index (Phi) is 4.15. The minimum Gasteiger partial charge on any atom is -0.478 e. The summed E-state index contributed by atoms with van der Waals surface area (Å²) in [5, 5.41) is 8.72. The van der Waals surface area contributed by atoms with Crippen molar-refractivity contribution in [3.63, 3.8) is 0 Å². The summed E-state index contributed by atoms with van der Waals surface area (Å²) >= 11 is 0. The van der Waals surface area contributed by atoms with Crippen LogP contribution in [0.3, 0.4) is 0 Å². The molecule has 0 saturated heterocycles. The first-order valence-corrected chi connectivity index (χ1v) is 5.68. The van der Waals surface area contributed by atoms with Crippen molar-refractivity contribution in [1.82, 2.24) is 0 Å². The van der Waals surface area contributed by atoms with Crippen molar-refractivity contribution in [3.05, 3.63) is 59.5 Å². The average Bonchev–Trinajstić information content (AvgIpc) is 2.85. The lowest BCUT2D eigenvalue weighted by molar-refractivity contribution is 0.0696. The minimum atomic E-state index is -0.991. The molecule has 1 N–H and O–H groups in total. The maximum Gasteiger partial charge on any atom is 0.338 e. The van der Waals surface area contributed by atoms with E-state index in [0.717, 1.165) is 6.42 Å². The predicted molar refractivity (Wildman–Crippen MR) is 65.5 cm³/mol. The van der Waals surface area contributed by atoms with Crippen LogP contribution in [0.25, 0.3) is 0 Å². The molecule has 0 bridgehead atoms. The van der Waals surface area contributed by atoms with E-state index in [2.05, 4.69) is 0 Å². The molecule has 0 atom stereocenters. The van der Waals surface area contributed by atoms with Crippen molar-refractivity contribution < 1.29 is 19.1 Å². The molecule has 0 aliphatic rings. The van der Waals surface area contributed by atoms with Gasteiger partial charge in [0.1, 0.15) is 18.6 Å². The third-order valence-electron chi connectivity index (χ3n) is 2.52. The smallest absolute Gasteiger partial charge is 0.338 e. The normalized spacial score (nSPS) is 10.4. The standard InChI is InChI=1S/C14H14O4/c15-14(16)12-8-13(18-9-12)10-17-7-6-11-4-2-1-3-5-11/h1-5,8-9H,6-7,10H2,(H,15,16). The SMILES string of the molecule is O=C(O)c1coc(COCCc2ccccc2)c1. The molecule has 0 amide bonds. The molecular formula is C14H14O4. The molecule has 0 fully saturated rings. The number of rotatable bonds is 6. The minimum absolute atomic E-state index is 0.150. The third kappa shape index (κ3) is 3.46. The number of benzene rings is 1. The second-order valence-electron chi connectivity index (χ2n) is 3.90. The van der Waals surface area contributed by atoms with Gasteiger partial charge in [-0.25, -0.2) is 4.79 Å². The Balaban J connectivity index is 1.73. The Hall–Kier alpha value is -2.07. The van der Waals surface area contributed by atoms with Crippen molar-refractivity contribution in [3.8, 4) is 0 Å². The molecule has 0 aliphatic carbocycles. The third-order valence-corrected chi connectivity index (χ3v) is 2.52. The molecule has 0 saturated carbocycles. The molecule has 94 valence electrons. The first-order chi connectivity index (χ1) is 8.75. The number of hydrogen-bond donors (Lipinski definition) is 1. The van der Waals surface area contributed by atoms with E-state index in [1.165, 1.54) is 17.9 Å². The van der Waals surface area contributed by atoms with Gasteiger partial charge in [-0.3, -0.25) is 0 Å². The molecular weight excluding hydrogens is 232 g/mol. The van der Waals surface area contributed by atoms with Crippen LogP contribution in [0.5, 0.6) is 0 Å². The van der Waals surface area contributed by atoms with E-state index in [1.54, 1.807) is 0 Å². The van der Waals surface area contributed by atoms with Gasteiger partial charge in [0.05, 0.1) is 12.2 Å². The molecule has 4 heteroatoms. The van der Waals surface area contributed by atoms with Gasteiger partial charge in [-0.2, -0.15) is 0 Å². The Labute approximate surface area is 105 Å². The summed E-state index contributed by atoms with van der Waals surface area (Å²) < 4.78 is 10.5. The van der Waals surface area contributed by atoms with Gasteiger partial charge in [-0.1, -0.05) is 30.3 Å². The molecule has 1 heterocycles. The van der Waals surface area contributed by atoms with E-state index in [9.17, 15) is 4.79 Å². The summed E-state index contributed by atoms with van der Waals surface area (Å²) in [4.78, 5) is 10.6. The highest BCUT2D eigenvalue weighted by molar-refractivity contribution is 5.87. The van der Waals surface area contributed by atoms with Crippen molar-refractivity contribution in [2.45, 2.75) is 13.0 Å². The highest BCUT2D eigenvalue weighted by Gasteiger charge is 2.07. The highest BCUT2D eigenvalue weighted by atomic mass is 16.5. The molecule has 2 rings (SSSR count). The Morgan fingerprint density at radius 3 is 2.72 bits per heavy atom. The molecule has 2 aromatic rings. The van der Waals surface area contributed by atoms with E-state index in [-0.39, 0.29) is 5.56 Å². The number of carbonyl (C=O) groups is 1. The van der Waals surface area contributed by atoms with E-state index in [1.807, 2.05) is 30.3 Å². The van der Waals surface area contributed by atoms with Crippen LogP contribution in [0.1, 0.15) is 21.7 Å². The molecule has 0 aliphatic heterocycles. The van der Waals surface area contributed by atoms with E-state index in [0.29, 0.717) is 19.0 Å². The van der Waals surface area contributed by atoms with Crippen molar-refractivity contribution in [2.24, 2.45) is 0 Å². The van der Waals surface area contributed by atoms with Gasteiger partial charge >= 0.3 is 5.97 Å². The van der Waals surface area contributed by atoms with Crippen LogP contribution < -0.4 is 0 Å². The summed E-state index contributed by atoms with van der Waals surface area (Å²) in [5.74, 6) is -0.463. The topological polar surface area (TPSA) is 59.7 Å². The lowest BCUT2D eigenvalue weighted by Crippen LogP contribution is -1.98. The fourth-order valence-electron chi connectivity index (χ4n) is 1.58. The number of ether oxygens (including phenoxy) is 1. The Morgan fingerprint density at radius 2 is 2.06 bits per heavy atom. The highest BCUT2D eigenvalue weighted by Crippen LogP contribution is 2.09.